The molecule has 1 rings (SSSR count). The van der Waals surface area contributed by atoms with Crippen LogP contribution in [0.4, 0.5) is 0 Å². The van der Waals surface area contributed by atoms with E-state index in [1.54, 1.807) is 0 Å². The van der Waals surface area contributed by atoms with Crippen LogP contribution in [-0.4, -0.2) is 16.3 Å². The topological polar surface area (TPSA) is 43.8 Å². The van der Waals surface area contributed by atoms with Crippen LogP contribution in [0.15, 0.2) is 17.1 Å². The lowest BCUT2D eigenvalue weighted by Gasteiger charge is -2.23. The maximum atomic E-state index is 5.79. The van der Waals surface area contributed by atoms with Crippen LogP contribution in [0.5, 0.6) is 0 Å². The molecular weight excluding hydrogens is 266 g/mol. The fourth-order valence-electron chi connectivity index (χ4n) is 1.62. The summed E-state index contributed by atoms with van der Waals surface area (Å²) in [6.45, 7) is 8.67. The first kappa shape index (κ1) is 13.5. The molecule has 3 nitrogen and oxygen atoms in total. The first-order valence-electron chi connectivity index (χ1n) is 5.51. The average molecular weight is 286 g/mol. The molecule has 1 atom stereocenters. The third kappa shape index (κ3) is 2.55. The van der Waals surface area contributed by atoms with Crippen molar-refractivity contribution in [2.24, 2.45) is 18.2 Å². The maximum absolute atomic E-state index is 5.79. The molecule has 0 bridgehead atoms. The molecule has 4 heteroatoms. The first-order chi connectivity index (χ1) is 7.47. The summed E-state index contributed by atoms with van der Waals surface area (Å²) in [6, 6.07) is 0. The van der Waals surface area contributed by atoms with Gasteiger partial charge in [-0.1, -0.05) is 19.9 Å². The van der Waals surface area contributed by atoms with Gasteiger partial charge in [-0.05, 0) is 22.4 Å². The standard InChI is InChI=1S/C12H20BrN3/c1-5-9-11(13)10(16(4)15-9)7-12(3,6-2)8-14/h6H,2,5,7-8,14H2,1,3-4H3. The lowest BCUT2D eigenvalue weighted by atomic mass is 9.85. The predicted molar refractivity (Wildman–Crippen MR) is 71.3 cm³/mol. The van der Waals surface area contributed by atoms with E-state index in [4.69, 9.17) is 5.73 Å². The Balaban J connectivity index is 3.05. The minimum Gasteiger partial charge on any atom is -0.330 e. The van der Waals surface area contributed by atoms with Crippen molar-refractivity contribution in [2.75, 3.05) is 6.54 Å². The molecule has 1 heterocycles. The zero-order valence-electron chi connectivity index (χ0n) is 10.3. The molecule has 0 aliphatic heterocycles. The van der Waals surface area contributed by atoms with Gasteiger partial charge in [-0.3, -0.25) is 4.68 Å². The number of nitrogens with zero attached hydrogens (tertiary/aromatic N) is 2. The maximum Gasteiger partial charge on any atom is 0.0766 e. The Morgan fingerprint density at radius 3 is 2.62 bits per heavy atom. The van der Waals surface area contributed by atoms with Crippen LogP contribution in [0.25, 0.3) is 0 Å². The Hall–Kier alpha value is -0.610. The molecule has 2 N–H and O–H groups in total. The number of hydrogen-bond acceptors (Lipinski definition) is 2. The minimum absolute atomic E-state index is 0.0681. The smallest absolute Gasteiger partial charge is 0.0766 e. The second-order valence-electron chi connectivity index (χ2n) is 4.42. The van der Waals surface area contributed by atoms with Crippen molar-refractivity contribution in [3.63, 3.8) is 0 Å². The van der Waals surface area contributed by atoms with Gasteiger partial charge in [0.25, 0.3) is 0 Å². The molecule has 0 saturated heterocycles. The fraction of sp³-hybridized carbons (Fsp3) is 0.583. The zero-order chi connectivity index (χ0) is 12.3. The zero-order valence-corrected chi connectivity index (χ0v) is 11.8. The number of aromatic nitrogens is 2. The van der Waals surface area contributed by atoms with E-state index in [1.807, 2.05) is 17.8 Å². The van der Waals surface area contributed by atoms with Gasteiger partial charge in [-0.15, -0.1) is 6.58 Å². The second-order valence-corrected chi connectivity index (χ2v) is 5.22. The summed E-state index contributed by atoms with van der Waals surface area (Å²) in [5, 5.41) is 4.48. The lowest BCUT2D eigenvalue weighted by Crippen LogP contribution is -2.28. The highest BCUT2D eigenvalue weighted by atomic mass is 79.9. The predicted octanol–water partition coefficient (Wildman–Crippen LogP) is 2.44. The summed E-state index contributed by atoms with van der Waals surface area (Å²) in [7, 11) is 1.97. The molecule has 0 aromatic carbocycles. The van der Waals surface area contributed by atoms with Crippen molar-refractivity contribution in [3.8, 4) is 0 Å². The molecule has 90 valence electrons. The van der Waals surface area contributed by atoms with Crippen molar-refractivity contribution < 1.29 is 0 Å². The highest BCUT2D eigenvalue weighted by molar-refractivity contribution is 9.10. The van der Waals surface area contributed by atoms with Crippen LogP contribution < -0.4 is 5.73 Å². The summed E-state index contributed by atoms with van der Waals surface area (Å²) in [5.41, 5.74) is 8.00. The molecule has 1 aromatic heterocycles. The monoisotopic (exact) mass is 285 g/mol. The molecule has 0 aliphatic rings. The Kier molecular flexibility index (Phi) is 4.33. The summed E-state index contributed by atoms with van der Waals surface area (Å²) < 4.78 is 3.04. The lowest BCUT2D eigenvalue weighted by molar-refractivity contribution is 0.423. The molecule has 16 heavy (non-hydrogen) atoms. The van der Waals surface area contributed by atoms with Gasteiger partial charge in [0.1, 0.15) is 0 Å². The normalized spacial score (nSPS) is 14.8. The van der Waals surface area contributed by atoms with Gasteiger partial charge >= 0.3 is 0 Å². The third-order valence-electron chi connectivity index (χ3n) is 3.03. The van der Waals surface area contributed by atoms with Gasteiger partial charge in [0, 0.05) is 25.4 Å². The molecule has 0 aliphatic carbocycles. The van der Waals surface area contributed by atoms with Gasteiger partial charge in [0.15, 0.2) is 0 Å². The van der Waals surface area contributed by atoms with Gasteiger partial charge in [0.05, 0.1) is 15.9 Å². The average Bonchev–Trinajstić information content (AvgIpc) is 2.56. The van der Waals surface area contributed by atoms with Crippen molar-refractivity contribution in [2.45, 2.75) is 26.7 Å². The summed E-state index contributed by atoms with van der Waals surface area (Å²) in [6.07, 6.45) is 3.72. The molecule has 0 fully saturated rings. The molecule has 1 aromatic rings. The van der Waals surface area contributed by atoms with Gasteiger partial charge < -0.3 is 5.73 Å². The Labute approximate surface area is 106 Å². The largest absolute Gasteiger partial charge is 0.330 e. The first-order valence-corrected chi connectivity index (χ1v) is 6.30. The molecule has 0 spiro atoms. The van der Waals surface area contributed by atoms with E-state index >= 15 is 0 Å². The van der Waals surface area contributed by atoms with E-state index in [2.05, 4.69) is 41.5 Å². The van der Waals surface area contributed by atoms with Crippen LogP contribution in [0.2, 0.25) is 0 Å². The van der Waals surface area contributed by atoms with Crippen LogP contribution in [-0.2, 0) is 19.9 Å². The molecule has 0 radical (unpaired) electrons. The van der Waals surface area contributed by atoms with Crippen LogP contribution in [0, 0.1) is 5.41 Å². The highest BCUT2D eigenvalue weighted by Crippen LogP contribution is 2.29. The van der Waals surface area contributed by atoms with Crippen molar-refractivity contribution in [1.29, 1.82) is 0 Å². The third-order valence-corrected chi connectivity index (χ3v) is 3.95. The van der Waals surface area contributed by atoms with Gasteiger partial charge in [-0.2, -0.15) is 5.10 Å². The minimum atomic E-state index is -0.0681. The van der Waals surface area contributed by atoms with E-state index in [1.165, 1.54) is 5.69 Å². The Bertz CT molecular complexity index is 384. The molecule has 0 amide bonds. The Morgan fingerprint density at radius 1 is 1.62 bits per heavy atom. The molecule has 1 unspecified atom stereocenters. The fourth-order valence-corrected chi connectivity index (χ4v) is 2.38. The van der Waals surface area contributed by atoms with Crippen LogP contribution in [0.1, 0.15) is 25.2 Å². The van der Waals surface area contributed by atoms with Gasteiger partial charge in [0.2, 0.25) is 0 Å². The summed E-state index contributed by atoms with van der Waals surface area (Å²) in [5.74, 6) is 0. The SMILES string of the molecule is C=CC(C)(CN)Cc1c(Br)c(CC)nn1C. The van der Waals surface area contributed by atoms with Gasteiger partial charge in [-0.25, -0.2) is 0 Å². The van der Waals surface area contributed by atoms with E-state index in [0.29, 0.717) is 6.54 Å². The summed E-state index contributed by atoms with van der Waals surface area (Å²) in [4.78, 5) is 0. The number of hydrogen-bond donors (Lipinski definition) is 1. The van der Waals surface area contributed by atoms with E-state index < -0.39 is 0 Å². The number of halogens is 1. The highest BCUT2D eigenvalue weighted by Gasteiger charge is 2.23. The second kappa shape index (κ2) is 5.15. The number of rotatable bonds is 5. The quantitative estimate of drug-likeness (QED) is 0.845. The number of nitrogens with two attached hydrogens (primary N) is 1. The van der Waals surface area contributed by atoms with E-state index in [0.717, 1.165) is 23.0 Å². The van der Waals surface area contributed by atoms with E-state index in [-0.39, 0.29) is 5.41 Å². The summed E-state index contributed by atoms with van der Waals surface area (Å²) >= 11 is 3.61. The van der Waals surface area contributed by atoms with Crippen molar-refractivity contribution in [3.05, 3.63) is 28.5 Å². The van der Waals surface area contributed by atoms with Crippen LogP contribution >= 0.6 is 15.9 Å². The molecular formula is C12H20BrN3. The van der Waals surface area contributed by atoms with E-state index in [9.17, 15) is 0 Å². The van der Waals surface area contributed by atoms with Crippen molar-refractivity contribution in [1.82, 2.24) is 9.78 Å². The molecule has 0 saturated carbocycles. The van der Waals surface area contributed by atoms with Crippen molar-refractivity contribution >= 4 is 15.9 Å². The number of aryl methyl sites for hydroxylation is 2. The van der Waals surface area contributed by atoms with Crippen LogP contribution in [0.3, 0.4) is 0 Å². The Morgan fingerprint density at radius 2 is 2.25 bits per heavy atom.